The molecule has 0 rings (SSSR count). The van der Waals surface area contributed by atoms with Crippen LogP contribution in [0.25, 0.3) is 0 Å². The van der Waals surface area contributed by atoms with E-state index >= 15 is 0 Å². The fourth-order valence-corrected chi connectivity index (χ4v) is 5.25. The maximum absolute atomic E-state index is 12.1. The first-order chi connectivity index (χ1) is 22.6. The summed E-state index contributed by atoms with van der Waals surface area (Å²) in [5.41, 5.74) is 0. The number of hydrogen-bond acceptors (Lipinski definition) is 5. The van der Waals surface area contributed by atoms with Gasteiger partial charge in [-0.2, -0.15) is 0 Å². The highest BCUT2D eigenvalue weighted by molar-refractivity contribution is 5.70. The molecule has 0 aromatic rings. The molecule has 0 aromatic heterocycles. The van der Waals surface area contributed by atoms with Gasteiger partial charge in [-0.25, -0.2) is 0 Å². The van der Waals surface area contributed by atoms with Gasteiger partial charge in [0.2, 0.25) is 0 Å². The lowest BCUT2D eigenvalue weighted by atomic mass is 10.0. The second-order valence-corrected chi connectivity index (χ2v) is 12.6. The highest BCUT2D eigenvalue weighted by Gasteiger charge is 2.16. The number of rotatable bonds is 34. The van der Waals surface area contributed by atoms with Gasteiger partial charge in [-0.3, -0.25) is 9.59 Å². The van der Waals surface area contributed by atoms with Gasteiger partial charge in [-0.05, 0) is 51.4 Å². The van der Waals surface area contributed by atoms with Crippen LogP contribution in [0.15, 0.2) is 48.6 Å². The molecule has 1 atom stereocenters. The first-order valence-electron chi connectivity index (χ1n) is 19.2. The summed E-state index contributed by atoms with van der Waals surface area (Å²) >= 11 is 0. The lowest BCUT2D eigenvalue weighted by Crippen LogP contribution is -2.28. The van der Waals surface area contributed by atoms with Crippen molar-refractivity contribution in [3.63, 3.8) is 0 Å². The Morgan fingerprint density at radius 1 is 0.522 bits per heavy atom. The number of aliphatic hydroxyl groups is 1. The largest absolute Gasteiger partial charge is 0.462 e. The van der Waals surface area contributed by atoms with Crippen LogP contribution in [0.5, 0.6) is 0 Å². The summed E-state index contributed by atoms with van der Waals surface area (Å²) in [4.78, 5) is 24.2. The van der Waals surface area contributed by atoms with Crippen LogP contribution < -0.4 is 0 Å². The fourth-order valence-electron chi connectivity index (χ4n) is 5.25. The van der Waals surface area contributed by atoms with Gasteiger partial charge >= 0.3 is 11.9 Å². The number of hydrogen-bond donors (Lipinski definition) is 1. The molecule has 5 heteroatoms. The lowest BCUT2D eigenvalue weighted by Gasteiger charge is -2.15. The number of aliphatic hydroxyl groups excluding tert-OH is 1. The van der Waals surface area contributed by atoms with E-state index in [1.54, 1.807) is 0 Å². The number of ether oxygens (including phenoxy) is 2. The number of carbonyl (C=O) groups excluding carboxylic acids is 2. The maximum atomic E-state index is 12.1. The van der Waals surface area contributed by atoms with Gasteiger partial charge in [-0.1, -0.05) is 165 Å². The molecule has 0 saturated carbocycles. The van der Waals surface area contributed by atoms with Crippen molar-refractivity contribution >= 4 is 11.9 Å². The topological polar surface area (TPSA) is 72.8 Å². The molecular formula is C41H72O5. The smallest absolute Gasteiger partial charge is 0.306 e. The van der Waals surface area contributed by atoms with Crippen molar-refractivity contribution in [2.24, 2.45) is 0 Å². The van der Waals surface area contributed by atoms with E-state index in [0.717, 1.165) is 77.0 Å². The predicted molar refractivity (Wildman–Crippen MR) is 196 cm³/mol. The van der Waals surface area contributed by atoms with Crippen LogP contribution in [0.1, 0.15) is 181 Å². The Hall–Kier alpha value is -2.14. The zero-order valence-corrected chi connectivity index (χ0v) is 30.1. The van der Waals surface area contributed by atoms with Crippen molar-refractivity contribution in [2.45, 2.75) is 187 Å². The van der Waals surface area contributed by atoms with Crippen molar-refractivity contribution in [1.29, 1.82) is 0 Å². The van der Waals surface area contributed by atoms with Crippen LogP contribution in [0.4, 0.5) is 0 Å². The standard InChI is InChI=1S/C41H72O5/c1-3-5-7-9-11-13-15-17-19-20-22-24-26-28-30-32-34-36-41(44)46-39(37-42)38-45-40(43)35-33-31-29-27-25-23-21-18-16-14-12-10-8-6-4-2/h5,7,11,13,17,19,22,24,39,42H,3-4,6,8-10,12,14-16,18,20-21,23,25-38H2,1-2H3. The zero-order valence-electron chi connectivity index (χ0n) is 30.1. The van der Waals surface area contributed by atoms with E-state index < -0.39 is 6.10 Å². The van der Waals surface area contributed by atoms with Crippen molar-refractivity contribution in [2.75, 3.05) is 13.2 Å². The first kappa shape index (κ1) is 43.9. The number of allylic oxidation sites excluding steroid dienone is 8. The summed E-state index contributed by atoms with van der Waals surface area (Å²) < 4.78 is 10.6. The van der Waals surface area contributed by atoms with Crippen molar-refractivity contribution < 1.29 is 24.2 Å². The highest BCUT2D eigenvalue weighted by Crippen LogP contribution is 2.14. The van der Waals surface area contributed by atoms with Crippen LogP contribution in [0, 0.1) is 0 Å². The molecule has 0 aromatic carbocycles. The van der Waals surface area contributed by atoms with Gasteiger partial charge in [0.05, 0.1) is 6.61 Å². The van der Waals surface area contributed by atoms with Crippen molar-refractivity contribution in [1.82, 2.24) is 0 Å². The molecule has 0 bridgehead atoms. The lowest BCUT2D eigenvalue weighted by molar-refractivity contribution is -0.161. The predicted octanol–water partition coefficient (Wildman–Crippen LogP) is 11.8. The monoisotopic (exact) mass is 645 g/mol. The second kappa shape index (κ2) is 37.3. The van der Waals surface area contributed by atoms with Gasteiger partial charge in [0.25, 0.3) is 0 Å². The minimum Gasteiger partial charge on any atom is -0.462 e. The van der Waals surface area contributed by atoms with Crippen LogP contribution >= 0.6 is 0 Å². The minimum atomic E-state index is -0.782. The first-order valence-corrected chi connectivity index (χ1v) is 19.2. The Kier molecular flexibility index (Phi) is 35.6. The highest BCUT2D eigenvalue weighted by atomic mass is 16.6. The Morgan fingerprint density at radius 2 is 0.935 bits per heavy atom. The SMILES string of the molecule is CCC=CCC=CCC=CCC=CCCCCCCC(=O)OC(CO)COC(=O)CCCCCCCCCCCCCCCCC. The van der Waals surface area contributed by atoms with Gasteiger partial charge < -0.3 is 14.6 Å². The average Bonchev–Trinajstić information content (AvgIpc) is 3.06. The molecular weight excluding hydrogens is 572 g/mol. The third-order valence-corrected chi connectivity index (χ3v) is 8.14. The van der Waals surface area contributed by atoms with E-state index in [4.69, 9.17) is 9.47 Å². The molecule has 5 nitrogen and oxygen atoms in total. The zero-order chi connectivity index (χ0) is 33.6. The average molecular weight is 645 g/mol. The summed E-state index contributed by atoms with van der Waals surface area (Å²) in [7, 11) is 0. The molecule has 0 fully saturated rings. The Labute approximate surface area is 284 Å². The van der Waals surface area contributed by atoms with E-state index in [2.05, 4.69) is 62.5 Å². The molecule has 0 aliphatic carbocycles. The van der Waals surface area contributed by atoms with Crippen LogP contribution in [-0.4, -0.2) is 36.4 Å². The fraction of sp³-hybridized carbons (Fsp3) is 0.756. The summed E-state index contributed by atoms with van der Waals surface area (Å²) in [6.45, 7) is 4.00. The summed E-state index contributed by atoms with van der Waals surface area (Å²) in [6, 6.07) is 0. The van der Waals surface area contributed by atoms with Crippen molar-refractivity contribution in [3.05, 3.63) is 48.6 Å². The molecule has 0 saturated heterocycles. The van der Waals surface area contributed by atoms with E-state index in [-0.39, 0.29) is 25.2 Å². The molecule has 1 unspecified atom stereocenters. The van der Waals surface area contributed by atoms with Crippen LogP contribution in [0.2, 0.25) is 0 Å². The Bertz CT molecular complexity index is 782. The third kappa shape index (κ3) is 34.7. The Balaban J connectivity index is 3.61. The van der Waals surface area contributed by atoms with E-state index in [1.807, 2.05) is 0 Å². The number of esters is 2. The van der Waals surface area contributed by atoms with Gasteiger partial charge in [0, 0.05) is 12.8 Å². The molecule has 0 heterocycles. The minimum absolute atomic E-state index is 0.0747. The summed E-state index contributed by atoms with van der Waals surface area (Å²) in [5, 5.41) is 9.54. The van der Waals surface area contributed by atoms with E-state index in [9.17, 15) is 14.7 Å². The summed E-state index contributed by atoms with van der Waals surface area (Å²) in [6.07, 6.45) is 45.9. The van der Waals surface area contributed by atoms with Gasteiger partial charge in [-0.15, -0.1) is 0 Å². The van der Waals surface area contributed by atoms with Gasteiger partial charge in [0.15, 0.2) is 6.10 Å². The normalized spacial score (nSPS) is 12.7. The molecule has 0 aliphatic rings. The van der Waals surface area contributed by atoms with E-state index in [0.29, 0.717) is 12.8 Å². The molecule has 0 radical (unpaired) electrons. The van der Waals surface area contributed by atoms with Crippen LogP contribution in [-0.2, 0) is 19.1 Å². The quantitative estimate of drug-likeness (QED) is 0.0429. The summed E-state index contributed by atoms with van der Waals surface area (Å²) in [5.74, 6) is -0.617. The molecule has 0 spiro atoms. The van der Waals surface area contributed by atoms with Crippen LogP contribution in [0.3, 0.4) is 0 Å². The number of carbonyl (C=O) groups is 2. The number of unbranched alkanes of at least 4 members (excludes halogenated alkanes) is 18. The molecule has 0 aliphatic heterocycles. The third-order valence-electron chi connectivity index (χ3n) is 8.14. The molecule has 0 amide bonds. The molecule has 1 N–H and O–H groups in total. The Morgan fingerprint density at radius 3 is 1.41 bits per heavy atom. The maximum Gasteiger partial charge on any atom is 0.306 e. The van der Waals surface area contributed by atoms with Gasteiger partial charge in [0.1, 0.15) is 6.61 Å². The molecule has 266 valence electrons. The van der Waals surface area contributed by atoms with E-state index in [1.165, 1.54) is 77.0 Å². The molecule has 46 heavy (non-hydrogen) atoms. The second-order valence-electron chi connectivity index (χ2n) is 12.6. The van der Waals surface area contributed by atoms with Crippen molar-refractivity contribution in [3.8, 4) is 0 Å².